The van der Waals surface area contributed by atoms with Crippen LogP contribution in [0.4, 0.5) is 0 Å². The molecule has 16 heavy (non-hydrogen) atoms. The van der Waals surface area contributed by atoms with Crippen molar-refractivity contribution in [2.45, 2.75) is 13.8 Å². The van der Waals surface area contributed by atoms with Gasteiger partial charge >= 0.3 is 5.97 Å². The summed E-state index contributed by atoms with van der Waals surface area (Å²) in [5.41, 5.74) is 1.40. The molecule has 0 aromatic heterocycles. The van der Waals surface area contributed by atoms with Crippen LogP contribution >= 0.6 is 0 Å². The molecule has 1 aromatic carbocycles. The fourth-order valence-electron chi connectivity index (χ4n) is 0.774. The number of hydrogen-bond donors (Lipinski definition) is 2. The maximum Gasteiger partial charge on any atom is 0.330 e. The van der Waals surface area contributed by atoms with Crippen LogP contribution in [-0.4, -0.2) is 16.2 Å². The van der Waals surface area contributed by atoms with Crippen LogP contribution in [0.3, 0.4) is 0 Å². The van der Waals surface area contributed by atoms with Crippen molar-refractivity contribution in [3.05, 3.63) is 53.8 Å². The minimum Gasteiger partial charge on any atom is -0.516 e. The fraction of sp³-hybridized carbons (Fsp3) is 0.154. The van der Waals surface area contributed by atoms with E-state index in [4.69, 9.17) is 10.2 Å². The molecule has 1 rings (SSSR count). The molecule has 0 spiro atoms. The second-order valence-corrected chi connectivity index (χ2v) is 3.00. The molecule has 0 saturated heterocycles. The first-order valence-electron chi connectivity index (χ1n) is 4.83. The Balaban J connectivity index is 0.000000293. The summed E-state index contributed by atoms with van der Waals surface area (Å²) in [6.45, 7) is 3.26. The van der Waals surface area contributed by atoms with Gasteiger partial charge in [-0.25, -0.2) is 4.79 Å². The summed E-state index contributed by atoms with van der Waals surface area (Å²) in [6, 6.07) is 9.64. The smallest absolute Gasteiger partial charge is 0.330 e. The molecule has 0 unspecified atom stereocenters. The molecule has 1 aromatic rings. The maximum atomic E-state index is 9.86. The lowest BCUT2D eigenvalue weighted by Gasteiger charge is -1.86. The SMILES string of the molecule is CC=C(C)C(=O)O.OC=Cc1ccccc1. The standard InChI is InChI=1S/C8H8O.C5H8O2/c9-7-6-8-4-2-1-3-5-8;1-3-4(2)5(6)7/h1-7,9H;3H,1-2H3,(H,6,7). The highest BCUT2D eigenvalue weighted by Gasteiger charge is 1.93. The molecule has 0 atom stereocenters. The molecule has 0 fully saturated rings. The number of allylic oxidation sites excluding steroid dienone is 1. The van der Waals surface area contributed by atoms with Gasteiger partial charge in [0, 0.05) is 5.57 Å². The van der Waals surface area contributed by atoms with Crippen LogP contribution < -0.4 is 0 Å². The molecule has 86 valence electrons. The summed E-state index contributed by atoms with van der Waals surface area (Å²) in [7, 11) is 0. The van der Waals surface area contributed by atoms with E-state index in [-0.39, 0.29) is 0 Å². The summed E-state index contributed by atoms with van der Waals surface area (Å²) in [5.74, 6) is -0.845. The molecule has 0 radical (unpaired) electrons. The number of hydrogen-bond acceptors (Lipinski definition) is 2. The molecule has 0 bridgehead atoms. The Labute approximate surface area is 95.4 Å². The largest absolute Gasteiger partial charge is 0.516 e. The van der Waals surface area contributed by atoms with E-state index in [9.17, 15) is 4.79 Å². The van der Waals surface area contributed by atoms with E-state index >= 15 is 0 Å². The normalized spacial score (nSPS) is 10.8. The van der Waals surface area contributed by atoms with E-state index in [1.807, 2.05) is 30.3 Å². The van der Waals surface area contributed by atoms with Crippen molar-refractivity contribution in [3.63, 3.8) is 0 Å². The molecule has 0 aliphatic carbocycles. The fourth-order valence-corrected chi connectivity index (χ4v) is 0.774. The topological polar surface area (TPSA) is 57.5 Å². The van der Waals surface area contributed by atoms with E-state index in [0.717, 1.165) is 11.8 Å². The lowest BCUT2D eigenvalue weighted by molar-refractivity contribution is -0.132. The zero-order chi connectivity index (χ0) is 12.4. The Morgan fingerprint density at radius 3 is 2.12 bits per heavy atom. The van der Waals surface area contributed by atoms with Crippen molar-refractivity contribution in [1.29, 1.82) is 0 Å². The highest BCUT2D eigenvalue weighted by molar-refractivity contribution is 5.85. The quantitative estimate of drug-likeness (QED) is 0.594. The second kappa shape index (κ2) is 8.29. The van der Waals surface area contributed by atoms with Gasteiger partial charge in [-0.1, -0.05) is 36.4 Å². The summed E-state index contributed by atoms with van der Waals surface area (Å²) in [6.07, 6.45) is 4.23. The second-order valence-electron chi connectivity index (χ2n) is 3.00. The Bertz CT molecular complexity index is 364. The molecular weight excluding hydrogens is 204 g/mol. The average molecular weight is 220 g/mol. The number of carbonyl (C=O) groups is 1. The number of aliphatic carboxylic acids is 1. The number of carboxylic acids is 1. The first-order chi connectivity index (χ1) is 7.61. The summed E-state index contributed by atoms with van der Waals surface area (Å²) < 4.78 is 0. The molecule has 2 N–H and O–H groups in total. The maximum absolute atomic E-state index is 9.86. The van der Waals surface area contributed by atoms with Crippen LogP contribution in [-0.2, 0) is 4.79 Å². The van der Waals surface area contributed by atoms with Gasteiger partial charge in [0.2, 0.25) is 0 Å². The molecule has 0 amide bonds. The molecular formula is C13H16O3. The number of benzene rings is 1. The third kappa shape index (κ3) is 6.43. The van der Waals surface area contributed by atoms with Gasteiger partial charge in [0.15, 0.2) is 0 Å². The predicted molar refractivity (Wildman–Crippen MR) is 65.2 cm³/mol. The van der Waals surface area contributed by atoms with Gasteiger partial charge in [-0.3, -0.25) is 0 Å². The van der Waals surface area contributed by atoms with Gasteiger partial charge in [-0.05, 0) is 25.5 Å². The van der Waals surface area contributed by atoms with Crippen molar-refractivity contribution in [1.82, 2.24) is 0 Å². The number of aliphatic hydroxyl groups excluding tert-OH is 1. The molecule has 3 nitrogen and oxygen atoms in total. The van der Waals surface area contributed by atoms with Crippen LogP contribution in [0.1, 0.15) is 19.4 Å². The highest BCUT2D eigenvalue weighted by Crippen LogP contribution is 1.98. The van der Waals surface area contributed by atoms with Crippen molar-refractivity contribution in [3.8, 4) is 0 Å². The van der Waals surface area contributed by atoms with Crippen molar-refractivity contribution in [2.75, 3.05) is 0 Å². The third-order valence-corrected chi connectivity index (χ3v) is 1.84. The zero-order valence-electron chi connectivity index (χ0n) is 9.42. The van der Waals surface area contributed by atoms with Crippen LogP contribution in [0.5, 0.6) is 0 Å². The van der Waals surface area contributed by atoms with Crippen LogP contribution in [0.25, 0.3) is 6.08 Å². The summed E-state index contributed by atoms with van der Waals surface area (Å²) in [5, 5.41) is 16.5. The van der Waals surface area contributed by atoms with E-state index in [2.05, 4.69) is 0 Å². The van der Waals surface area contributed by atoms with Crippen molar-refractivity contribution >= 4 is 12.0 Å². The Morgan fingerprint density at radius 1 is 1.25 bits per heavy atom. The first-order valence-corrected chi connectivity index (χ1v) is 4.83. The van der Waals surface area contributed by atoms with E-state index < -0.39 is 5.97 Å². The first kappa shape index (κ1) is 14.0. The van der Waals surface area contributed by atoms with E-state index in [0.29, 0.717) is 5.57 Å². The third-order valence-electron chi connectivity index (χ3n) is 1.84. The molecule has 0 heterocycles. The lowest BCUT2D eigenvalue weighted by Crippen LogP contribution is -1.93. The number of rotatable bonds is 2. The van der Waals surface area contributed by atoms with Gasteiger partial charge in [-0.2, -0.15) is 0 Å². The zero-order valence-corrected chi connectivity index (χ0v) is 9.42. The highest BCUT2D eigenvalue weighted by atomic mass is 16.4. The minimum absolute atomic E-state index is 0.389. The monoisotopic (exact) mass is 220 g/mol. The van der Waals surface area contributed by atoms with Crippen LogP contribution in [0, 0.1) is 0 Å². The summed E-state index contributed by atoms with van der Waals surface area (Å²) in [4.78, 5) is 9.86. The Kier molecular flexibility index (Phi) is 7.24. The van der Waals surface area contributed by atoms with Crippen LogP contribution in [0.15, 0.2) is 48.2 Å². The molecule has 0 saturated carbocycles. The molecule has 0 aliphatic heterocycles. The van der Waals surface area contributed by atoms with Gasteiger partial charge in [-0.15, -0.1) is 0 Å². The van der Waals surface area contributed by atoms with E-state index in [1.165, 1.54) is 0 Å². The van der Waals surface area contributed by atoms with Gasteiger partial charge < -0.3 is 10.2 Å². The molecule has 0 aliphatic rings. The Morgan fingerprint density at radius 2 is 1.81 bits per heavy atom. The van der Waals surface area contributed by atoms with Crippen molar-refractivity contribution < 1.29 is 15.0 Å². The van der Waals surface area contributed by atoms with Crippen LogP contribution in [0.2, 0.25) is 0 Å². The average Bonchev–Trinajstić information content (AvgIpc) is 2.30. The summed E-state index contributed by atoms with van der Waals surface area (Å²) >= 11 is 0. The number of carboxylic acid groups (broad SMARTS) is 1. The number of aliphatic hydroxyl groups is 1. The Hall–Kier alpha value is -2.03. The minimum atomic E-state index is -0.845. The predicted octanol–water partition coefficient (Wildman–Crippen LogP) is 3.25. The van der Waals surface area contributed by atoms with Gasteiger partial charge in [0.25, 0.3) is 0 Å². The van der Waals surface area contributed by atoms with Gasteiger partial charge in [0.1, 0.15) is 0 Å². The van der Waals surface area contributed by atoms with E-state index in [1.54, 1.807) is 26.0 Å². The van der Waals surface area contributed by atoms with Crippen molar-refractivity contribution in [2.24, 2.45) is 0 Å². The van der Waals surface area contributed by atoms with Gasteiger partial charge in [0.05, 0.1) is 6.26 Å². The lowest BCUT2D eigenvalue weighted by atomic mass is 10.2. The molecule has 3 heteroatoms.